The minimum atomic E-state index is -0.00783. The lowest BCUT2D eigenvalue weighted by atomic mass is 10.1. The quantitative estimate of drug-likeness (QED) is 0.408. The summed E-state index contributed by atoms with van der Waals surface area (Å²) in [6, 6.07) is 14.1. The fourth-order valence-corrected chi connectivity index (χ4v) is 4.63. The molecule has 1 amide bonds. The van der Waals surface area contributed by atoms with Gasteiger partial charge >= 0.3 is 0 Å². The van der Waals surface area contributed by atoms with Crippen LogP contribution in [-0.2, 0) is 6.54 Å². The highest BCUT2D eigenvalue weighted by Gasteiger charge is 2.34. The van der Waals surface area contributed by atoms with Gasteiger partial charge in [0.15, 0.2) is 0 Å². The number of carbonyl (C=O) groups excluding carboxylic acids is 1. The predicted molar refractivity (Wildman–Crippen MR) is 120 cm³/mol. The van der Waals surface area contributed by atoms with Crippen LogP contribution in [-0.4, -0.2) is 34.1 Å². The van der Waals surface area contributed by atoms with Crippen molar-refractivity contribution in [2.75, 3.05) is 7.11 Å². The zero-order valence-corrected chi connectivity index (χ0v) is 18.5. The second-order valence-electron chi connectivity index (χ2n) is 7.93. The van der Waals surface area contributed by atoms with Gasteiger partial charge in [-0.1, -0.05) is 17.3 Å². The maximum Gasteiger partial charge on any atom is 0.259 e. The first kappa shape index (κ1) is 19.8. The van der Waals surface area contributed by atoms with Gasteiger partial charge in [0.05, 0.1) is 34.3 Å². The molecular weight excluding hydrogens is 410 g/mol. The van der Waals surface area contributed by atoms with E-state index in [2.05, 4.69) is 23.1 Å². The SMILES string of the molecule is COc1ccc(CN(C(=O)c2cc(-c3ccc(C)s3)nc3onc(C)c23)C2CC2)cc1. The van der Waals surface area contributed by atoms with E-state index < -0.39 is 0 Å². The molecule has 0 bridgehead atoms. The van der Waals surface area contributed by atoms with Gasteiger partial charge in [0, 0.05) is 17.5 Å². The van der Waals surface area contributed by atoms with Crippen molar-refractivity contribution in [1.29, 1.82) is 0 Å². The number of rotatable bonds is 6. The van der Waals surface area contributed by atoms with Crippen LogP contribution >= 0.6 is 11.3 Å². The van der Waals surface area contributed by atoms with Gasteiger partial charge in [0.1, 0.15) is 5.75 Å². The number of nitrogens with zero attached hydrogens (tertiary/aromatic N) is 3. The summed E-state index contributed by atoms with van der Waals surface area (Å²) >= 11 is 1.65. The third-order valence-corrected chi connectivity index (χ3v) is 6.62. The molecule has 0 unspecified atom stereocenters. The molecule has 3 heterocycles. The van der Waals surface area contributed by atoms with Crippen LogP contribution in [0.3, 0.4) is 0 Å². The molecule has 1 saturated carbocycles. The summed E-state index contributed by atoms with van der Waals surface area (Å²) in [7, 11) is 1.65. The van der Waals surface area contributed by atoms with Gasteiger partial charge in [0.2, 0.25) is 0 Å². The van der Waals surface area contributed by atoms with Crippen molar-refractivity contribution in [3.05, 3.63) is 64.2 Å². The molecule has 0 saturated heterocycles. The van der Waals surface area contributed by atoms with Crippen molar-refractivity contribution < 1.29 is 14.1 Å². The Morgan fingerprint density at radius 1 is 1.19 bits per heavy atom. The summed E-state index contributed by atoms with van der Waals surface area (Å²) < 4.78 is 10.7. The van der Waals surface area contributed by atoms with Crippen molar-refractivity contribution in [3.8, 4) is 16.3 Å². The topological polar surface area (TPSA) is 68.5 Å². The monoisotopic (exact) mass is 433 g/mol. The first-order valence-corrected chi connectivity index (χ1v) is 11.1. The minimum Gasteiger partial charge on any atom is -0.497 e. The van der Waals surface area contributed by atoms with Crippen LogP contribution in [0, 0.1) is 13.8 Å². The lowest BCUT2D eigenvalue weighted by molar-refractivity contribution is 0.0732. The first-order chi connectivity index (χ1) is 15.0. The Kier molecular flexibility index (Phi) is 4.98. The van der Waals surface area contributed by atoms with Crippen molar-refractivity contribution in [3.63, 3.8) is 0 Å². The van der Waals surface area contributed by atoms with E-state index in [0.717, 1.165) is 34.7 Å². The van der Waals surface area contributed by atoms with E-state index in [-0.39, 0.29) is 11.9 Å². The second-order valence-corrected chi connectivity index (χ2v) is 9.21. The van der Waals surface area contributed by atoms with Crippen LogP contribution in [0.2, 0.25) is 0 Å². The van der Waals surface area contributed by atoms with E-state index in [1.54, 1.807) is 18.4 Å². The second kappa shape index (κ2) is 7.81. The minimum absolute atomic E-state index is 0.00783. The van der Waals surface area contributed by atoms with Gasteiger partial charge in [0.25, 0.3) is 11.6 Å². The molecule has 1 aliphatic rings. The number of carbonyl (C=O) groups is 1. The van der Waals surface area contributed by atoms with Gasteiger partial charge in [-0.2, -0.15) is 0 Å². The third kappa shape index (κ3) is 3.81. The molecule has 158 valence electrons. The largest absolute Gasteiger partial charge is 0.497 e. The molecular formula is C24H23N3O3S. The predicted octanol–water partition coefficient (Wildman–Crippen LogP) is 5.38. The molecule has 6 nitrogen and oxygen atoms in total. The van der Waals surface area contributed by atoms with Crippen molar-refractivity contribution in [1.82, 2.24) is 15.0 Å². The number of aromatic nitrogens is 2. The summed E-state index contributed by atoms with van der Waals surface area (Å²) in [5.41, 5.74) is 3.50. The van der Waals surface area contributed by atoms with E-state index in [1.165, 1.54) is 4.88 Å². The van der Waals surface area contributed by atoms with E-state index in [0.29, 0.717) is 28.9 Å². The maximum absolute atomic E-state index is 13.8. The van der Waals surface area contributed by atoms with Crippen LogP contribution in [0.25, 0.3) is 21.7 Å². The Balaban J connectivity index is 1.55. The molecule has 1 aromatic carbocycles. The number of ether oxygens (including phenoxy) is 1. The Morgan fingerprint density at radius 3 is 2.61 bits per heavy atom. The average Bonchev–Trinajstić information content (AvgIpc) is 3.43. The number of hydrogen-bond donors (Lipinski definition) is 0. The number of hydrogen-bond acceptors (Lipinski definition) is 6. The highest BCUT2D eigenvalue weighted by atomic mass is 32.1. The zero-order chi connectivity index (χ0) is 21.5. The standard InChI is InChI=1S/C24H23N3O3S/c1-14-4-11-21(31-14)20-12-19(22-15(2)26-30-23(22)25-20)24(28)27(17-7-8-17)13-16-5-9-18(29-3)10-6-16/h4-6,9-12,17H,7-8,13H2,1-3H3. The summed E-state index contributed by atoms with van der Waals surface area (Å²) in [5.74, 6) is 0.798. The Hall–Kier alpha value is -3.19. The number of aryl methyl sites for hydroxylation is 2. The van der Waals surface area contributed by atoms with Gasteiger partial charge in [-0.15, -0.1) is 11.3 Å². The van der Waals surface area contributed by atoms with E-state index in [9.17, 15) is 4.79 Å². The average molecular weight is 434 g/mol. The number of thiophene rings is 1. The van der Waals surface area contributed by atoms with Gasteiger partial charge in [-0.3, -0.25) is 4.79 Å². The smallest absolute Gasteiger partial charge is 0.259 e. The molecule has 7 heteroatoms. The maximum atomic E-state index is 13.8. The number of benzene rings is 1. The van der Waals surface area contributed by atoms with Crippen LogP contribution in [0.15, 0.2) is 47.0 Å². The molecule has 5 rings (SSSR count). The molecule has 4 aromatic rings. The van der Waals surface area contributed by atoms with Crippen molar-refractivity contribution in [2.45, 2.75) is 39.3 Å². The molecule has 0 aliphatic heterocycles. The molecule has 0 atom stereocenters. The molecule has 0 spiro atoms. The summed E-state index contributed by atoms with van der Waals surface area (Å²) in [4.78, 5) is 22.6. The lowest BCUT2D eigenvalue weighted by Crippen LogP contribution is -2.32. The number of methoxy groups -OCH3 is 1. The Bertz CT molecular complexity index is 1260. The summed E-state index contributed by atoms with van der Waals surface area (Å²) in [5, 5.41) is 4.78. The number of pyridine rings is 1. The highest BCUT2D eigenvalue weighted by molar-refractivity contribution is 7.15. The molecule has 0 N–H and O–H groups in total. The van der Waals surface area contributed by atoms with Crippen LogP contribution in [0.4, 0.5) is 0 Å². The number of fused-ring (bicyclic) bond motifs is 1. The fourth-order valence-electron chi connectivity index (χ4n) is 3.80. The van der Waals surface area contributed by atoms with Crippen LogP contribution < -0.4 is 4.74 Å². The normalized spacial score (nSPS) is 13.5. The summed E-state index contributed by atoms with van der Waals surface area (Å²) in [6.45, 7) is 4.46. The van der Waals surface area contributed by atoms with Crippen molar-refractivity contribution in [2.24, 2.45) is 0 Å². The zero-order valence-electron chi connectivity index (χ0n) is 17.7. The first-order valence-electron chi connectivity index (χ1n) is 10.3. The van der Waals surface area contributed by atoms with Gasteiger partial charge in [-0.25, -0.2) is 4.98 Å². The highest BCUT2D eigenvalue weighted by Crippen LogP contribution is 2.35. The van der Waals surface area contributed by atoms with Crippen LogP contribution in [0.5, 0.6) is 5.75 Å². The van der Waals surface area contributed by atoms with Crippen LogP contribution in [0.1, 0.15) is 39.3 Å². The Morgan fingerprint density at radius 2 is 1.97 bits per heavy atom. The van der Waals surface area contributed by atoms with Gasteiger partial charge in [-0.05, 0) is 62.6 Å². The molecule has 1 fully saturated rings. The third-order valence-electron chi connectivity index (χ3n) is 5.60. The summed E-state index contributed by atoms with van der Waals surface area (Å²) in [6.07, 6.45) is 2.05. The van der Waals surface area contributed by atoms with Gasteiger partial charge < -0.3 is 14.2 Å². The molecule has 0 radical (unpaired) electrons. The molecule has 31 heavy (non-hydrogen) atoms. The van der Waals surface area contributed by atoms with E-state index >= 15 is 0 Å². The molecule has 1 aliphatic carbocycles. The van der Waals surface area contributed by atoms with E-state index in [1.807, 2.05) is 48.2 Å². The Labute approximate surface area is 184 Å². The molecule has 3 aromatic heterocycles. The number of amides is 1. The fraction of sp³-hybridized carbons (Fsp3) is 0.292. The van der Waals surface area contributed by atoms with Crippen molar-refractivity contribution >= 4 is 28.3 Å². The van der Waals surface area contributed by atoms with E-state index in [4.69, 9.17) is 9.26 Å². The lowest BCUT2D eigenvalue weighted by Gasteiger charge is -2.23.